The van der Waals surface area contributed by atoms with Crippen LogP contribution in [0.25, 0.3) is 28.1 Å². The molecule has 0 bridgehead atoms. The molecule has 2 atom stereocenters. The van der Waals surface area contributed by atoms with Gasteiger partial charge in [0.25, 0.3) is 5.56 Å². The molecule has 2 heterocycles. The highest BCUT2D eigenvalue weighted by atomic mass is 32.2. The second kappa shape index (κ2) is 8.86. The highest BCUT2D eigenvalue weighted by molar-refractivity contribution is 7.90. The number of rotatable bonds is 6. The van der Waals surface area contributed by atoms with Gasteiger partial charge in [-0.15, -0.1) is 4.72 Å². The molecule has 0 aliphatic rings. The van der Waals surface area contributed by atoms with Gasteiger partial charge in [-0.05, 0) is 56.8 Å². The Morgan fingerprint density at radius 1 is 1.32 bits per heavy atom. The lowest BCUT2D eigenvalue weighted by Crippen LogP contribution is -2.40. The highest BCUT2D eigenvalue weighted by Gasteiger charge is 2.29. The van der Waals surface area contributed by atoms with Gasteiger partial charge in [0, 0.05) is 36.2 Å². The fourth-order valence-corrected chi connectivity index (χ4v) is 4.03. The van der Waals surface area contributed by atoms with Gasteiger partial charge in [0.15, 0.2) is 0 Å². The van der Waals surface area contributed by atoms with Crippen molar-refractivity contribution >= 4 is 28.2 Å². The van der Waals surface area contributed by atoms with E-state index in [0.29, 0.717) is 27.9 Å². The summed E-state index contributed by atoms with van der Waals surface area (Å²) in [7, 11) is 3.31. The maximum atomic E-state index is 14.3. The smallest absolute Gasteiger partial charge is 0.256 e. The highest BCUT2D eigenvalue weighted by Crippen LogP contribution is 2.30. The quantitative estimate of drug-likeness (QED) is 0.444. The van der Waals surface area contributed by atoms with Gasteiger partial charge in [-0.3, -0.25) is 9.48 Å². The summed E-state index contributed by atoms with van der Waals surface area (Å²) in [4.78, 5) is 15.7. The zero-order chi connectivity index (χ0) is 22.9. The van der Waals surface area contributed by atoms with E-state index in [-0.39, 0.29) is 5.39 Å². The number of nitrogens with zero attached hydrogens (tertiary/aromatic N) is 2. The molecule has 0 radical (unpaired) electrons. The largest absolute Gasteiger partial charge is 0.598 e. The van der Waals surface area contributed by atoms with Crippen molar-refractivity contribution in [3.8, 4) is 11.3 Å². The number of benzene rings is 1. The number of halogens is 1. The van der Waals surface area contributed by atoms with Crippen LogP contribution in [0.5, 0.6) is 0 Å². The average Bonchev–Trinajstić information content (AvgIpc) is 3.06. The molecule has 0 saturated heterocycles. The number of aromatic amines is 1. The fourth-order valence-electron chi connectivity index (χ4n) is 3.23. The van der Waals surface area contributed by atoms with Crippen LogP contribution in [0.2, 0.25) is 0 Å². The Morgan fingerprint density at radius 3 is 2.68 bits per heavy atom. The molecule has 166 valence electrons. The maximum absolute atomic E-state index is 14.3. The second-order valence-corrected chi connectivity index (χ2v) is 10.3. The van der Waals surface area contributed by atoms with Crippen LogP contribution in [0, 0.1) is 5.82 Å². The Hall–Kier alpha value is -2.62. The van der Waals surface area contributed by atoms with E-state index in [1.165, 1.54) is 25.5 Å². The van der Waals surface area contributed by atoms with Crippen LogP contribution < -0.4 is 10.3 Å². The van der Waals surface area contributed by atoms with Crippen molar-refractivity contribution in [1.82, 2.24) is 19.5 Å². The molecule has 2 N–H and O–H groups in total. The molecule has 0 aliphatic heterocycles. The number of nitrogens with one attached hydrogen (secondary N) is 2. The average molecular weight is 447 g/mol. The van der Waals surface area contributed by atoms with Crippen molar-refractivity contribution in [3.63, 3.8) is 0 Å². The number of ether oxygens (including phenoxy) is 1. The molecule has 31 heavy (non-hydrogen) atoms. The SMILES string of the molecule is CO/C=C/c1nn(C)cc1-c1cc2c([C@@H](C)N[S+]([O-])C(C)(C)C)cc(F)cc2c(=O)[nH]1. The number of hydrogen-bond donors (Lipinski definition) is 2. The number of fused-ring (bicyclic) bond motifs is 1. The van der Waals surface area contributed by atoms with Crippen LogP contribution in [-0.2, 0) is 23.1 Å². The summed E-state index contributed by atoms with van der Waals surface area (Å²) in [5, 5.41) is 5.20. The lowest BCUT2D eigenvalue weighted by molar-refractivity contribution is 0.341. The predicted octanol–water partition coefficient (Wildman–Crippen LogP) is 3.80. The van der Waals surface area contributed by atoms with Crippen molar-refractivity contribution in [3.05, 3.63) is 58.1 Å². The molecule has 0 saturated carbocycles. The van der Waals surface area contributed by atoms with E-state index in [4.69, 9.17) is 4.74 Å². The minimum absolute atomic E-state index is 0.229. The van der Waals surface area contributed by atoms with Gasteiger partial charge < -0.3 is 14.3 Å². The van der Waals surface area contributed by atoms with Gasteiger partial charge in [0.05, 0.1) is 36.2 Å². The molecule has 0 amide bonds. The molecule has 1 unspecified atom stereocenters. The lowest BCUT2D eigenvalue weighted by Gasteiger charge is -2.27. The molecule has 1 aromatic carbocycles. The second-order valence-electron chi connectivity index (χ2n) is 8.33. The Morgan fingerprint density at radius 2 is 2.03 bits per heavy atom. The Bertz CT molecular complexity index is 1180. The minimum atomic E-state index is -1.36. The van der Waals surface area contributed by atoms with Crippen LogP contribution in [0.15, 0.2) is 35.5 Å². The number of pyridine rings is 1. The van der Waals surface area contributed by atoms with Crippen LogP contribution >= 0.6 is 0 Å². The minimum Gasteiger partial charge on any atom is -0.598 e. The third-order valence-electron chi connectivity index (χ3n) is 4.77. The standard InChI is InChI=1S/C22H27FN4O3S/c1-13(26-31(29)22(2,3)4)15-9-14(23)10-17-16(15)11-20(24-21(17)28)18-12-27(5)25-19(18)7-8-30-6/h7-13,26H,1-6H3,(H,24,28)/b8-7+/t13-,31?/m1/s1. The normalized spacial score (nSPS) is 14.3. The van der Waals surface area contributed by atoms with Crippen LogP contribution in [0.1, 0.15) is 45.0 Å². The first-order valence-corrected chi connectivity index (χ1v) is 10.9. The zero-order valence-electron chi connectivity index (χ0n) is 18.4. The molecule has 0 fully saturated rings. The first-order valence-electron chi connectivity index (χ1n) is 9.79. The first-order chi connectivity index (χ1) is 14.5. The summed E-state index contributed by atoms with van der Waals surface area (Å²) in [6.07, 6.45) is 4.98. The summed E-state index contributed by atoms with van der Waals surface area (Å²) < 4.78 is 36.1. The fraction of sp³-hybridized carbons (Fsp3) is 0.364. The maximum Gasteiger partial charge on any atom is 0.256 e. The summed E-state index contributed by atoms with van der Waals surface area (Å²) in [5.41, 5.74) is 1.99. The molecular weight excluding hydrogens is 419 g/mol. The first kappa shape index (κ1) is 23.1. The molecule has 3 aromatic rings. The molecule has 3 rings (SSSR count). The van der Waals surface area contributed by atoms with Gasteiger partial charge in [-0.25, -0.2) is 4.39 Å². The number of hydrogen-bond acceptors (Lipinski definition) is 5. The van der Waals surface area contributed by atoms with E-state index in [1.54, 1.807) is 37.0 Å². The molecule has 7 nitrogen and oxygen atoms in total. The Balaban J connectivity index is 2.17. The van der Waals surface area contributed by atoms with Crippen LogP contribution in [0.3, 0.4) is 0 Å². The molecule has 0 aliphatic carbocycles. The molecule has 9 heteroatoms. The third kappa shape index (κ3) is 5.00. The van der Waals surface area contributed by atoms with E-state index in [0.717, 1.165) is 0 Å². The zero-order valence-corrected chi connectivity index (χ0v) is 19.3. The van der Waals surface area contributed by atoms with Gasteiger partial charge in [0.2, 0.25) is 0 Å². The summed E-state index contributed by atoms with van der Waals surface area (Å²) in [6, 6.07) is 3.93. The number of H-pyrrole nitrogens is 1. The molecule has 0 spiro atoms. The molecular formula is C22H27FN4O3S. The van der Waals surface area contributed by atoms with Gasteiger partial charge in [-0.1, -0.05) is 0 Å². The summed E-state index contributed by atoms with van der Waals surface area (Å²) >= 11 is -1.36. The van der Waals surface area contributed by atoms with E-state index in [9.17, 15) is 13.7 Å². The van der Waals surface area contributed by atoms with E-state index in [2.05, 4.69) is 14.8 Å². The predicted molar refractivity (Wildman–Crippen MR) is 122 cm³/mol. The van der Waals surface area contributed by atoms with E-state index >= 15 is 0 Å². The third-order valence-corrected chi connectivity index (χ3v) is 6.45. The van der Waals surface area contributed by atoms with Gasteiger partial charge in [0.1, 0.15) is 10.6 Å². The number of aryl methyl sites for hydroxylation is 1. The summed E-state index contributed by atoms with van der Waals surface area (Å²) in [5.74, 6) is -0.527. The number of methoxy groups -OCH3 is 1. The topological polar surface area (TPSA) is 95.0 Å². The van der Waals surface area contributed by atoms with E-state index < -0.39 is 33.5 Å². The monoisotopic (exact) mass is 446 g/mol. The number of aromatic nitrogens is 3. The summed E-state index contributed by atoms with van der Waals surface area (Å²) in [6.45, 7) is 7.36. The Labute approximate surface area is 183 Å². The van der Waals surface area contributed by atoms with Crippen molar-refractivity contribution in [1.29, 1.82) is 0 Å². The van der Waals surface area contributed by atoms with Crippen molar-refractivity contribution < 1.29 is 13.7 Å². The van der Waals surface area contributed by atoms with E-state index in [1.807, 2.05) is 20.8 Å². The molecule has 2 aromatic heterocycles. The van der Waals surface area contributed by atoms with Crippen molar-refractivity contribution in [2.75, 3.05) is 7.11 Å². The van der Waals surface area contributed by atoms with Crippen molar-refractivity contribution in [2.45, 2.75) is 38.5 Å². The lowest BCUT2D eigenvalue weighted by atomic mass is 9.99. The van der Waals surface area contributed by atoms with Crippen molar-refractivity contribution in [2.24, 2.45) is 7.05 Å². The van der Waals surface area contributed by atoms with Crippen LogP contribution in [0.4, 0.5) is 4.39 Å². The van der Waals surface area contributed by atoms with Gasteiger partial charge in [-0.2, -0.15) is 5.10 Å². The van der Waals surface area contributed by atoms with Gasteiger partial charge >= 0.3 is 0 Å². The Kier molecular flexibility index (Phi) is 6.59. The van der Waals surface area contributed by atoms with Crippen LogP contribution in [-0.4, -0.2) is 31.2 Å².